The van der Waals surface area contributed by atoms with Gasteiger partial charge in [-0.1, -0.05) is 12.0 Å². The number of fused-ring (bicyclic) bond motifs is 1. The van der Waals surface area contributed by atoms with Crippen molar-refractivity contribution in [3.8, 4) is 17.6 Å². The van der Waals surface area contributed by atoms with Gasteiger partial charge >= 0.3 is 12.1 Å². The van der Waals surface area contributed by atoms with Gasteiger partial charge in [0.1, 0.15) is 18.5 Å². The number of ether oxygens (including phenoxy) is 1. The Hall–Kier alpha value is -4.00. The van der Waals surface area contributed by atoms with E-state index in [1.807, 2.05) is 0 Å². The van der Waals surface area contributed by atoms with E-state index in [1.54, 1.807) is 24.3 Å². The number of carbonyl (C=O) groups is 1. The van der Waals surface area contributed by atoms with Gasteiger partial charge in [0.15, 0.2) is 9.84 Å². The van der Waals surface area contributed by atoms with Crippen molar-refractivity contribution in [3.63, 3.8) is 0 Å². The number of rotatable bonds is 12. The van der Waals surface area contributed by atoms with Crippen molar-refractivity contribution >= 4 is 38.1 Å². The molecule has 2 aromatic carbocycles. The van der Waals surface area contributed by atoms with Crippen LogP contribution in [0.15, 0.2) is 47.4 Å². The number of nitrogens with zero attached hydrogens (tertiary/aromatic N) is 2. The quantitative estimate of drug-likeness (QED) is 0.172. The van der Waals surface area contributed by atoms with Gasteiger partial charge in [0.2, 0.25) is 0 Å². The zero-order valence-corrected chi connectivity index (χ0v) is 25.6. The van der Waals surface area contributed by atoms with Crippen LogP contribution in [0.1, 0.15) is 12.1 Å². The predicted octanol–water partition coefficient (Wildman–Crippen LogP) is 3.58. The number of likely N-dealkylation sites (N-methyl/N-ethyl adjacent to an activating group) is 1. The molecule has 2 heterocycles. The molecule has 3 aromatic rings. The molecule has 4 rings (SSSR count). The van der Waals surface area contributed by atoms with Crippen LogP contribution in [0.3, 0.4) is 0 Å². The number of alkyl halides is 4. The summed E-state index contributed by atoms with van der Waals surface area (Å²) < 4.78 is 87.2. The lowest BCUT2D eigenvalue weighted by molar-refractivity contribution is -0.140. The Morgan fingerprint density at radius 1 is 1.22 bits per heavy atom. The van der Waals surface area contributed by atoms with Crippen LogP contribution in [0.25, 0.3) is 10.9 Å². The van der Waals surface area contributed by atoms with Gasteiger partial charge in [0.25, 0.3) is 0 Å². The number of methoxy groups -OCH3 is 1. The molecule has 1 aliphatic rings. The lowest BCUT2D eigenvalue weighted by atomic mass is 10.0. The molecule has 0 aliphatic carbocycles. The highest BCUT2D eigenvalue weighted by Gasteiger charge is 2.30. The van der Waals surface area contributed by atoms with Crippen LogP contribution >= 0.6 is 0 Å². The molecular weight excluding hydrogens is 618 g/mol. The Morgan fingerprint density at radius 3 is 2.69 bits per heavy atom. The summed E-state index contributed by atoms with van der Waals surface area (Å²) in [6.45, 7) is -0.713. The van der Waals surface area contributed by atoms with Crippen molar-refractivity contribution in [3.05, 3.63) is 48.2 Å². The highest BCUT2D eigenvalue weighted by atomic mass is 32.2. The number of aliphatic carboxylic acids is 1. The number of carboxylic acid groups (broad SMARTS) is 1. The topological polar surface area (TPSA) is 125 Å². The van der Waals surface area contributed by atoms with Gasteiger partial charge in [-0.3, -0.25) is 9.69 Å². The molecule has 1 aliphatic heterocycles. The van der Waals surface area contributed by atoms with Gasteiger partial charge in [-0.2, -0.15) is 13.2 Å². The van der Waals surface area contributed by atoms with E-state index in [0.717, 1.165) is 4.57 Å². The second-order valence-electron chi connectivity index (χ2n) is 10.7. The molecule has 0 spiro atoms. The maximum absolute atomic E-state index is 14.5. The Morgan fingerprint density at radius 2 is 2.00 bits per heavy atom. The molecular formula is C30H35F4N5O5S. The summed E-state index contributed by atoms with van der Waals surface area (Å²) in [5.74, 6) is 4.47. The lowest BCUT2D eigenvalue weighted by Gasteiger charge is -2.28. The van der Waals surface area contributed by atoms with Crippen LogP contribution in [-0.2, 0) is 21.2 Å². The second kappa shape index (κ2) is 14.4. The van der Waals surface area contributed by atoms with Crippen molar-refractivity contribution < 1.29 is 40.6 Å². The molecule has 4 N–H and O–H groups in total. The summed E-state index contributed by atoms with van der Waals surface area (Å²) in [4.78, 5) is 12.2. The predicted molar refractivity (Wildman–Crippen MR) is 163 cm³/mol. The number of sulfone groups is 1. The van der Waals surface area contributed by atoms with E-state index in [1.165, 1.54) is 37.3 Å². The number of nitrogens with one attached hydrogen (secondary N) is 3. The monoisotopic (exact) mass is 653 g/mol. The van der Waals surface area contributed by atoms with Gasteiger partial charge in [-0.25, -0.2) is 12.8 Å². The van der Waals surface area contributed by atoms with Gasteiger partial charge < -0.3 is 30.4 Å². The number of anilines is 2. The van der Waals surface area contributed by atoms with Crippen molar-refractivity contribution in [1.29, 1.82) is 0 Å². The number of carboxylic acids is 1. The first-order valence-electron chi connectivity index (χ1n) is 14.1. The summed E-state index contributed by atoms with van der Waals surface area (Å²) in [5.41, 5.74) is 1.38. The molecule has 0 radical (unpaired) electrons. The third-order valence-corrected chi connectivity index (χ3v) is 8.99. The minimum absolute atomic E-state index is 0.000302. The molecule has 0 bridgehead atoms. The first-order chi connectivity index (χ1) is 21.3. The Kier molecular flexibility index (Phi) is 10.8. The van der Waals surface area contributed by atoms with Crippen molar-refractivity contribution in [2.45, 2.75) is 36.3 Å². The summed E-state index contributed by atoms with van der Waals surface area (Å²) >= 11 is 0. The number of benzene rings is 2. The maximum atomic E-state index is 14.5. The molecule has 15 heteroatoms. The SMILES string of the molecule is COc1cc(S(=O)(=O)CCN(C)CC(=O)O)ccc1NCC#Cc1cc2c(N[C@@H]3CCNC[C@@H]3F)cccc2n1CC(F)(F)F. The molecule has 45 heavy (non-hydrogen) atoms. The van der Waals surface area contributed by atoms with Crippen LogP contribution in [-0.4, -0.2) is 100.0 Å². The third kappa shape index (κ3) is 9.03. The van der Waals surface area contributed by atoms with Crippen LogP contribution in [0.4, 0.5) is 28.9 Å². The van der Waals surface area contributed by atoms with E-state index in [2.05, 4.69) is 27.8 Å². The van der Waals surface area contributed by atoms with E-state index in [0.29, 0.717) is 35.2 Å². The van der Waals surface area contributed by atoms with E-state index in [9.17, 15) is 30.8 Å². The van der Waals surface area contributed by atoms with Crippen LogP contribution in [0.2, 0.25) is 0 Å². The smallest absolute Gasteiger partial charge is 0.406 e. The molecule has 0 saturated carbocycles. The largest absolute Gasteiger partial charge is 0.495 e. The van der Waals surface area contributed by atoms with Gasteiger partial charge in [0, 0.05) is 30.2 Å². The summed E-state index contributed by atoms with van der Waals surface area (Å²) in [7, 11) is -0.877. The average molecular weight is 654 g/mol. The van der Waals surface area contributed by atoms with Crippen molar-refractivity contribution in [1.82, 2.24) is 14.8 Å². The van der Waals surface area contributed by atoms with Gasteiger partial charge in [-0.05, 0) is 56.3 Å². The zero-order chi connectivity index (χ0) is 32.8. The molecule has 1 fully saturated rings. The molecule has 0 amide bonds. The lowest BCUT2D eigenvalue weighted by Crippen LogP contribution is -2.45. The molecule has 2 atom stereocenters. The molecule has 1 saturated heterocycles. The number of halogens is 4. The van der Waals surface area contributed by atoms with Crippen molar-refractivity contribution in [2.75, 3.05) is 63.3 Å². The van der Waals surface area contributed by atoms with Gasteiger partial charge in [0.05, 0.1) is 53.8 Å². The zero-order valence-electron chi connectivity index (χ0n) is 24.7. The Balaban J connectivity index is 1.52. The fourth-order valence-corrected chi connectivity index (χ4v) is 6.39. The maximum Gasteiger partial charge on any atom is 0.406 e. The normalized spacial score (nSPS) is 17.1. The van der Waals surface area contributed by atoms with Crippen LogP contribution in [0.5, 0.6) is 5.75 Å². The first-order valence-corrected chi connectivity index (χ1v) is 15.8. The average Bonchev–Trinajstić information content (AvgIpc) is 3.31. The molecule has 1 aromatic heterocycles. The van der Waals surface area contributed by atoms with E-state index >= 15 is 0 Å². The standard InChI is InChI=1S/C30H35F4N5O5S/c1-38(18-29(40)41)13-14-45(42,43)21-8-9-26(28(16-21)44-2)36-11-4-5-20-15-22-24(37-25-10-12-35-17-23(25)31)6-3-7-27(22)39(20)19-30(32,33)34/h3,6-9,15-16,23,25,35-37H,10-14,17-19H2,1-2H3,(H,40,41)/t23-,25+/m0/s1. The third-order valence-electron chi connectivity index (χ3n) is 7.29. The van der Waals surface area contributed by atoms with Crippen LogP contribution < -0.4 is 20.7 Å². The summed E-state index contributed by atoms with van der Waals surface area (Å²) in [5, 5.41) is 18.5. The minimum atomic E-state index is -4.51. The second-order valence-corrected chi connectivity index (χ2v) is 12.8. The fraction of sp³-hybridized carbons (Fsp3) is 0.433. The molecule has 0 unspecified atom stereocenters. The number of aromatic nitrogens is 1. The van der Waals surface area contributed by atoms with E-state index in [4.69, 9.17) is 9.84 Å². The van der Waals surface area contributed by atoms with E-state index < -0.39 is 40.7 Å². The number of hydrogen-bond acceptors (Lipinski definition) is 8. The molecule has 244 valence electrons. The number of hydrogen-bond donors (Lipinski definition) is 4. The first kappa shape index (κ1) is 33.9. The highest BCUT2D eigenvalue weighted by Crippen LogP contribution is 2.32. The fourth-order valence-electron chi connectivity index (χ4n) is 5.04. The minimum Gasteiger partial charge on any atom is -0.495 e. The summed E-state index contributed by atoms with van der Waals surface area (Å²) in [6.07, 6.45) is -5.13. The summed E-state index contributed by atoms with van der Waals surface area (Å²) in [6, 6.07) is 10.2. The highest BCUT2D eigenvalue weighted by molar-refractivity contribution is 7.91. The van der Waals surface area contributed by atoms with Crippen molar-refractivity contribution in [2.24, 2.45) is 0 Å². The Bertz CT molecular complexity index is 1680. The Labute approximate surface area is 258 Å². The molecule has 10 nitrogen and oxygen atoms in total. The number of piperidine rings is 1. The van der Waals surface area contributed by atoms with Gasteiger partial charge in [-0.15, -0.1) is 0 Å². The van der Waals surface area contributed by atoms with Crippen LogP contribution in [0, 0.1) is 11.8 Å². The van der Waals surface area contributed by atoms with E-state index in [-0.39, 0.29) is 48.3 Å².